The number of benzene rings is 1. The maximum absolute atomic E-state index is 12.6. The number of nitrogens with one attached hydrogen (secondary N) is 1. The summed E-state index contributed by atoms with van der Waals surface area (Å²) in [4.78, 5) is 2.31. The number of hydrogen-bond donors (Lipinski definition) is 1. The lowest BCUT2D eigenvalue weighted by molar-refractivity contribution is -0.137. The van der Waals surface area contributed by atoms with Crippen LogP contribution in [0.3, 0.4) is 0 Å². The average molecular weight is 300 g/mol. The summed E-state index contributed by atoms with van der Waals surface area (Å²) in [5.74, 6) is 0.816. The lowest BCUT2D eigenvalue weighted by Crippen LogP contribution is -2.35. The molecule has 1 saturated heterocycles. The van der Waals surface area contributed by atoms with Gasteiger partial charge in [0.15, 0.2) is 0 Å². The lowest BCUT2D eigenvalue weighted by atomic mass is 9.80. The maximum atomic E-state index is 12.6. The van der Waals surface area contributed by atoms with E-state index in [2.05, 4.69) is 17.3 Å². The molecule has 0 spiro atoms. The van der Waals surface area contributed by atoms with Crippen molar-refractivity contribution in [2.75, 3.05) is 33.7 Å². The van der Waals surface area contributed by atoms with Gasteiger partial charge >= 0.3 is 6.18 Å². The minimum atomic E-state index is -4.26. The van der Waals surface area contributed by atoms with Crippen LogP contribution in [0.1, 0.15) is 29.9 Å². The Bertz CT molecular complexity index is 434. The molecule has 1 atom stereocenters. The number of nitrogens with zero attached hydrogens (tertiary/aromatic N) is 1. The molecular formula is C16H23F3N2. The van der Waals surface area contributed by atoms with E-state index < -0.39 is 11.7 Å². The van der Waals surface area contributed by atoms with Gasteiger partial charge in [0.25, 0.3) is 0 Å². The van der Waals surface area contributed by atoms with Crippen molar-refractivity contribution in [3.63, 3.8) is 0 Å². The number of halogens is 3. The molecule has 1 heterocycles. The molecule has 2 rings (SSSR count). The van der Waals surface area contributed by atoms with Crippen LogP contribution < -0.4 is 5.32 Å². The molecule has 0 saturated carbocycles. The van der Waals surface area contributed by atoms with Crippen molar-refractivity contribution in [2.45, 2.75) is 24.9 Å². The van der Waals surface area contributed by atoms with Crippen molar-refractivity contribution in [1.82, 2.24) is 10.2 Å². The van der Waals surface area contributed by atoms with Gasteiger partial charge in [-0.05, 0) is 69.6 Å². The largest absolute Gasteiger partial charge is 0.416 e. The zero-order valence-corrected chi connectivity index (χ0v) is 12.6. The normalized spacial score (nSPS) is 19.7. The molecule has 5 heteroatoms. The number of piperidine rings is 1. The standard InChI is InChI=1S/C16H23F3N2/c1-20-11-15(13-7-9-21(2)10-8-13)12-3-5-14(6-4-12)16(17,18)19/h3-6,13,15,20H,7-11H2,1-2H3. The third kappa shape index (κ3) is 4.20. The number of likely N-dealkylation sites (N-methyl/N-ethyl adjacent to an activating group) is 1. The lowest BCUT2D eigenvalue weighted by Gasteiger charge is -2.34. The quantitative estimate of drug-likeness (QED) is 0.917. The maximum Gasteiger partial charge on any atom is 0.416 e. The van der Waals surface area contributed by atoms with E-state index >= 15 is 0 Å². The van der Waals surface area contributed by atoms with E-state index in [1.165, 1.54) is 12.1 Å². The summed E-state index contributed by atoms with van der Waals surface area (Å²) in [5.41, 5.74) is 0.435. The molecule has 1 aromatic carbocycles. The van der Waals surface area contributed by atoms with Crippen molar-refractivity contribution in [3.05, 3.63) is 35.4 Å². The molecule has 1 fully saturated rings. The van der Waals surface area contributed by atoms with Gasteiger partial charge in [0, 0.05) is 6.54 Å². The van der Waals surface area contributed by atoms with Crippen molar-refractivity contribution < 1.29 is 13.2 Å². The van der Waals surface area contributed by atoms with Crippen molar-refractivity contribution in [1.29, 1.82) is 0 Å². The molecule has 21 heavy (non-hydrogen) atoms. The van der Waals surface area contributed by atoms with Gasteiger partial charge in [0.05, 0.1) is 5.56 Å². The van der Waals surface area contributed by atoms with Crippen LogP contribution in [-0.4, -0.2) is 38.6 Å². The van der Waals surface area contributed by atoms with Gasteiger partial charge in [0.2, 0.25) is 0 Å². The topological polar surface area (TPSA) is 15.3 Å². The highest BCUT2D eigenvalue weighted by molar-refractivity contribution is 5.28. The predicted octanol–water partition coefficient (Wildman–Crippen LogP) is 3.35. The first-order valence-electron chi connectivity index (χ1n) is 7.42. The minimum absolute atomic E-state index is 0.283. The Morgan fingerprint density at radius 1 is 1.19 bits per heavy atom. The van der Waals surface area contributed by atoms with Gasteiger partial charge in [0.1, 0.15) is 0 Å². The first-order valence-corrected chi connectivity index (χ1v) is 7.42. The summed E-state index contributed by atoms with van der Waals surface area (Å²) in [5, 5.41) is 3.18. The Morgan fingerprint density at radius 3 is 2.24 bits per heavy atom. The van der Waals surface area contributed by atoms with Crippen LogP contribution in [0.25, 0.3) is 0 Å². The van der Waals surface area contributed by atoms with Gasteiger partial charge in [-0.25, -0.2) is 0 Å². The van der Waals surface area contributed by atoms with Crippen molar-refractivity contribution in [3.8, 4) is 0 Å². The Labute approximate surface area is 124 Å². The molecule has 1 unspecified atom stereocenters. The van der Waals surface area contributed by atoms with Crippen LogP contribution in [0.5, 0.6) is 0 Å². The second-order valence-corrected chi connectivity index (χ2v) is 5.92. The molecular weight excluding hydrogens is 277 g/mol. The summed E-state index contributed by atoms with van der Waals surface area (Å²) >= 11 is 0. The van der Waals surface area contributed by atoms with Gasteiger partial charge in [-0.3, -0.25) is 0 Å². The smallest absolute Gasteiger partial charge is 0.319 e. The molecule has 1 N–H and O–H groups in total. The Kier molecular flexibility index (Phi) is 5.27. The molecule has 2 nitrogen and oxygen atoms in total. The highest BCUT2D eigenvalue weighted by Crippen LogP contribution is 2.34. The first-order chi connectivity index (χ1) is 9.91. The fourth-order valence-electron chi connectivity index (χ4n) is 3.13. The van der Waals surface area contributed by atoms with Crippen LogP contribution >= 0.6 is 0 Å². The van der Waals surface area contributed by atoms with E-state index in [1.807, 2.05) is 7.05 Å². The fraction of sp³-hybridized carbons (Fsp3) is 0.625. The fourth-order valence-corrected chi connectivity index (χ4v) is 3.13. The average Bonchev–Trinajstić information content (AvgIpc) is 2.45. The van der Waals surface area contributed by atoms with Crippen molar-refractivity contribution in [2.24, 2.45) is 5.92 Å². The van der Waals surface area contributed by atoms with E-state index in [-0.39, 0.29) is 5.92 Å². The summed E-state index contributed by atoms with van der Waals surface area (Å²) < 4.78 is 37.9. The molecule has 1 aliphatic rings. The molecule has 0 radical (unpaired) electrons. The van der Waals surface area contributed by atoms with E-state index in [4.69, 9.17) is 0 Å². The minimum Gasteiger partial charge on any atom is -0.319 e. The first kappa shape index (κ1) is 16.3. The second kappa shape index (κ2) is 6.79. The Hall–Kier alpha value is -1.07. The number of hydrogen-bond acceptors (Lipinski definition) is 2. The highest BCUT2D eigenvalue weighted by atomic mass is 19.4. The van der Waals surface area contributed by atoms with E-state index in [9.17, 15) is 13.2 Å². The molecule has 118 valence electrons. The second-order valence-electron chi connectivity index (χ2n) is 5.92. The zero-order valence-electron chi connectivity index (χ0n) is 12.6. The summed E-state index contributed by atoms with van der Waals surface area (Å²) in [6.45, 7) is 2.93. The molecule has 0 bridgehead atoms. The van der Waals surface area contributed by atoms with Crippen LogP contribution in [0.15, 0.2) is 24.3 Å². The van der Waals surface area contributed by atoms with Crippen LogP contribution in [0.2, 0.25) is 0 Å². The van der Waals surface area contributed by atoms with Gasteiger partial charge < -0.3 is 10.2 Å². The van der Waals surface area contributed by atoms with Crippen LogP contribution in [-0.2, 0) is 6.18 Å². The van der Waals surface area contributed by atoms with E-state index in [0.717, 1.165) is 38.0 Å². The summed E-state index contributed by atoms with van der Waals surface area (Å²) in [7, 11) is 4.01. The van der Waals surface area contributed by atoms with Gasteiger partial charge in [-0.2, -0.15) is 13.2 Å². The van der Waals surface area contributed by atoms with Crippen molar-refractivity contribution >= 4 is 0 Å². The third-order valence-electron chi connectivity index (χ3n) is 4.42. The highest BCUT2D eigenvalue weighted by Gasteiger charge is 2.31. The molecule has 1 aromatic rings. The Morgan fingerprint density at radius 2 is 1.76 bits per heavy atom. The molecule has 0 aromatic heterocycles. The molecule has 1 aliphatic heterocycles. The van der Waals surface area contributed by atoms with Crippen LogP contribution in [0, 0.1) is 5.92 Å². The van der Waals surface area contributed by atoms with Gasteiger partial charge in [-0.15, -0.1) is 0 Å². The predicted molar refractivity (Wildman–Crippen MR) is 78.3 cm³/mol. The molecule has 0 aliphatic carbocycles. The third-order valence-corrected chi connectivity index (χ3v) is 4.42. The number of likely N-dealkylation sites (tertiary alicyclic amines) is 1. The summed E-state index contributed by atoms with van der Waals surface area (Å²) in [6.07, 6.45) is -2.06. The van der Waals surface area contributed by atoms with Gasteiger partial charge in [-0.1, -0.05) is 12.1 Å². The Balaban J connectivity index is 2.14. The number of rotatable bonds is 4. The van der Waals surface area contributed by atoms with E-state index in [0.29, 0.717) is 5.92 Å². The monoisotopic (exact) mass is 300 g/mol. The SMILES string of the molecule is CNCC(c1ccc(C(F)(F)F)cc1)C1CCN(C)CC1. The van der Waals surface area contributed by atoms with Crippen LogP contribution in [0.4, 0.5) is 13.2 Å². The summed E-state index contributed by atoms with van der Waals surface area (Å²) in [6, 6.07) is 5.69. The molecule has 0 amide bonds. The number of alkyl halides is 3. The zero-order chi connectivity index (χ0) is 15.5. The van der Waals surface area contributed by atoms with E-state index in [1.54, 1.807) is 12.1 Å².